The van der Waals surface area contributed by atoms with E-state index < -0.39 is 10.8 Å². The van der Waals surface area contributed by atoms with Crippen LogP contribution in [0, 0.1) is 12.8 Å². The lowest BCUT2D eigenvalue weighted by Gasteiger charge is -2.04. The molecule has 1 fully saturated rings. The van der Waals surface area contributed by atoms with Gasteiger partial charge in [-0.15, -0.1) is 0 Å². The Morgan fingerprint density at radius 3 is 2.56 bits per heavy atom. The SMILES string of the molecule is Cc1ccc([S@](=O)/C(=C/C2CC2)CBr)cc1. The van der Waals surface area contributed by atoms with Crippen LogP contribution >= 0.6 is 15.9 Å². The molecule has 1 aromatic carbocycles. The van der Waals surface area contributed by atoms with E-state index in [-0.39, 0.29) is 0 Å². The summed E-state index contributed by atoms with van der Waals surface area (Å²) < 4.78 is 12.3. The second-order valence-corrected chi connectivity index (χ2v) is 6.28. The molecule has 0 heterocycles. The van der Waals surface area contributed by atoms with Crippen molar-refractivity contribution in [3.05, 3.63) is 40.8 Å². The summed E-state index contributed by atoms with van der Waals surface area (Å²) in [5.74, 6) is 0.668. The van der Waals surface area contributed by atoms with Gasteiger partial charge in [-0.05, 0) is 37.8 Å². The van der Waals surface area contributed by atoms with Gasteiger partial charge in [0.15, 0.2) is 0 Å². The number of aryl methyl sites for hydroxylation is 1. The highest BCUT2D eigenvalue weighted by Crippen LogP contribution is 2.33. The molecule has 0 N–H and O–H groups in total. The predicted octanol–water partition coefficient (Wildman–Crippen LogP) is 3.79. The van der Waals surface area contributed by atoms with Crippen molar-refractivity contribution in [1.82, 2.24) is 0 Å². The molecule has 0 amide bonds. The Morgan fingerprint density at radius 1 is 1.44 bits per heavy atom. The number of rotatable bonds is 4. The molecule has 86 valence electrons. The third-order valence-corrected chi connectivity index (χ3v) is 5.08. The van der Waals surface area contributed by atoms with Gasteiger partial charge in [0.1, 0.15) is 0 Å². The third kappa shape index (κ3) is 3.05. The number of allylic oxidation sites excluding steroid dienone is 2. The van der Waals surface area contributed by atoms with E-state index in [4.69, 9.17) is 0 Å². The van der Waals surface area contributed by atoms with Gasteiger partial charge in [-0.25, -0.2) is 4.21 Å². The van der Waals surface area contributed by atoms with Crippen molar-refractivity contribution in [3.8, 4) is 0 Å². The lowest BCUT2D eigenvalue weighted by Crippen LogP contribution is -1.98. The van der Waals surface area contributed by atoms with Gasteiger partial charge in [0, 0.05) is 15.1 Å². The molecule has 0 aromatic heterocycles. The van der Waals surface area contributed by atoms with Gasteiger partial charge in [0.2, 0.25) is 0 Å². The Balaban J connectivity index is 2.19. The molecule has 0 radical (unpaired) electrons. The van der Waals surface area contributed by atoms with Gasteiger partial charge in [-0.2, -0.15) is 0 Å². The maximum atomic E-state index is 12.3. The molecule has 2 rings (SSSR count). The molecule has 1 aromatic rings. The van der Waals surface area contributed by atoms with Crippen LogP contribution in [-0.2, 0) is 10.8 Å². The van der Waals surface area contributed by atoms with Crippen molar-refractivity contribution in [3.63, 3.8) is 0 Å². The molecule has 0 saturated heterocycles. The smallest absolute Gasteiger partial charge is 0.0813 e. The van der Waals surface area contributed by atoms with E-state index in [1.807, 2.05) is 31.2 Å². The van der Waals surface area contributed by atoms with Crippen molar-refractivity contribution in [2.24, 2.45) is 5.92 Å². The van der Waals surface area contributed by atoms with Crippen molar-refractivity contribution < 1.29 is 4.21 Å². The van der Waals surface area contributed by atoms with E-state index in [9.17, 15) is 4.21 Å². The Bertz CT molecular complexity index is 418. The van der Waals surface area contributed by atoms with Crippen LogP contribution in [0.3, 0.4) is 0 Å². The maximum absolute atomic E-state index is 12.3. The van der Waals surface area contributed by atoms with Gasteiger partial charge >= 0.3 is 0 Å². The second kappa shape index (κ2) is 5.28. The van der Waals surface area contributed by atoms with Crippen LogP contribution in [0.25, 0.3) is 0 Å². The first-order valence-electron chi connectivity index (χ1n) is 5.46. The fraction of sp³-hybridized carbons (Fsp3) is 0.385. The molecule has 1 atom stereocenters. The zero-order valence-electron chi connectivity index (χ0n) is 9.28. The zero-order valence-corrected chi connectivity index (χ0v) is 11.7. The Hall–Kier alpha value is -0.410. The topological polar surface area (TPSA) is 17.1 Å². The van der Waals surface area contributed by atoms with Crippen molar-refractivity contribution >= 4 is 26.7 Å². The highest BCUT2D eigenvalue weighted by atomic mass is 79.9. The zero-order chi connectivity index (χ0) is 11.5. The molecule has 1 aliphatic rings. The van der Waals surface area contributed by atoms with E-state index in [0.29, 0.717) is 11.2 Å². The van der Waals surface area contributed by atoms with Gasteiger partial charge in [0.25, 0.3) is 0 Å². The molecule has 16 heavy (non-hydrogen) atoms. The van der Waals surface area contributed by atoms with Crippen molar-refractivity contribution in [2.75, 3.05) is 5.33 Å². The minimum atomic E-state index is -0.996. The van der Waals surface area contributed by atoms with Crippen LogP contribution < -0.4 is 0 Å². The molecule has 0 spiro atoms. The lowest BCUT2D eigenvalue weighted by molar-refractivity contribution is 0.686. The quantitative estimate of drug-likeness (QED) is 0.773. The molecular formula is C13H15BrOS. The minimum absolute atomic E-state index is 0.668. The number of hydrogen-bond donors (Lipinski definition) is 0. The number of halogens is 1. The fourth-order valence-corrected chi connectivity index (χ4v) is 3.41. The van der Waals surface area contributed by atoms with Crippen molar-refractivity contribution in [1.29, 1.82) is 0 Å². The number of benzene rings is 1. The summed E-state index contributed by atoms with van der Waals surface area (Å²) in [6.45, 7) is 2.04. The van der Waals surface area contributed by atoms with Crippen LogP contribution in [0.4, 0.5) is 0 Å². The molecular weight excluding hydrogens is 284 g/mol. The normalized spacial score (nSPS) is 18.5. The van der Waals surface area contributed by atoms with E-state index >= 15 is 0 Å². The molecule has 0 aliphatic heterocycles. The van der Waals surface area contributed by atoms with E-state index in [1.165, 1.54) is 18.4 Å². The average Bonchev–Trinajstić information content (AvgIpc) is 3.10. The molecule has 1 nitrogen and oxygen atoms in total. The monoisotopic (exact) mass is 298 g/mol. The summed E-state index contributed by atoms with van der Waals surface area (Å²) in [4.78, 5) is 1.91. The molecule has 1 aliphatic carbocycles. The van der Waals surface area contributed by atoms with Crippen LogP contribution in [0.1, 0.15) is 18.4 Å². The van der Waals surface area contributed by atoms with Gasteiger partial charge in [0.05, 0.1) is 10.8 Å². The Morgan fingerprint density at radius 2 is 2.06 bits per heavy atom. The van der Waals surface area contributed by atoms with Crippen LogP contribution in [0.5, 0.6) is 0 Å². The standard InChI is InChI=1S/C13H15BrOS/c1-10-2-6-12(7-3-10)16(15)13(9-14)8-11-4-5-11/h2-3,6-8,11H,4-5,9H2,1H3/b13-8+/t16-/m0/s1. The minimum Gasteiger partial charge on any atom is -0.249 e. The Labute approximate surface area is 108 Å². The van der Waals surface area contributed by atoms with Gasteiger partial charge in [-0.1, -0.05) is 39.7 Å². The Kier molecular flexibility index (Phi) is 3.98. The first-order valence-corrected chi connectivity index (χ1v) is 7.73. The largest absolute Gasteiger partial charge is 0.249 e. The van der Waals surface area contributed by atoms with E-state index in [0.717, 1.165) is 9.80 Å². The summed E-state index contributed by atoms with van der Waals surface area (Å²) in [7, 11) is -0.996. The molecule has 0 bridgehead atoms. The summed E-state index contributed by atoms with van der Waals surface area (Å²) >= 11 is 3.42. The second-order valence-electron chi connectivity index (χ2n) is 4.19. The first kappa shape index (κ1) is 12.1. The first-order chi connectivity index (χ1) is 7.70. The fourth-order valence-electron chi connectivity index (χ4n) is 1.49. The van der Waals surface area contributed by atoms with Gasteiger partial charge < -0.3 is 0 Å². The number of alkyl halides is 1. The summed E-state index contributed by atoms with van der Waals surface area (Å²) in [6.07, 6.45) is 4.67. The van der Waals surface area contributed by atoms with Crippen LogP contribution in [0.2, 0.25) is 0 Å². The van der Waals surface area contributed by atoms with E-state index in [2.05, 4.69) is 22.0 Å². The maximum Gasteiger partial charge on any atom is 0.0813 e. The number of hydrogen-bond acceptors (Lipinski definition) is 1. The predicted molar refractivity (Wildman–Crippen MR) is 72.2 cm³/mol. The lowest BCUT2D eigenvalue weighted by atomic mass is 10.2. The molecule has 1 saturated carbocycles. The highest BCUT2D eigenvalue weighted by Gasteiger charge is 2.21. The van der Waals surface area contributed by atoms with Gasteiger partial charge in [-0.3, -0.25) is 0 Å². The molecule has 3 heteroatoms. The van der Waals surface area contributed by atoms with Crippen LogP contribution in [0.15, 0.2) is 40.1 Å². The average molecular weight is 299 g/mol. The molecule has 0 unspecified atom stereocenters. The van der Waals surface area contributed by atoms with Crippen molar-refractivity contribution in [2.45, 2.75) is 24.7 Å². The summed E-state index contributed by atoms with van der Waals surface area (Å²) in [5.41, 5.74) is 1.20. The summed E-state index contributed by atoms with van der Waals surface area (Å²) in [6, 6.07) is 7.93. The highest BCUT2D eigenvalue weighted by molar-refractivity contribution is 9.09. The van der Waals surface area contributed by atoms with Crippen LogP contribution in [-0.4, -0.2) is 9.54 Å². The summed E-state index contributed by atoms with van der Waals surface area (Å²) in [5, 5.41) is 0.698. The van der Waals surface area contributed by atoms with E-state index in [1.54, 1.807) is 0 Å². The third-order valence-electron chi connectivity index (χ3n) is 2.65.